The Labute approximate surface area is 155 Å². The van der Waals surface area contributed by atoms with Crippen molar-refractivity contribution in [3.8, 4) is 0 Å². The highest BCUT2D eigenvalue weighted by Crippen LogP contribution is 2.39. The standard InChI is InChI=1S/C17H20Cl2NOS2/c18-14-6-5-13(17(19)11-14)12-20-9-7-15(21)3-1-2-4-16-8-10-22-23-16/h5-6,9,11-12,16H,1-4,7-8,10H2/q+1. The molecule has 2 rings (SSSR count). The number of halogens is 2. The van der Waals surface area contributed by atoms with E-state index in [1.165, 1.54) is 18.6 Å². The van der Waals surface area contributed by atoms with Gasteiger partial charge < -0.3 is 0 Å². The van der Waals surface area contributed by atoms with Gasteiger partial charge in [-0.05, 0) is 37.5 Å². The summed E-state index contributed by atoms with van der Waals surface area (Å²) in [6.45, 7) is 0. The van der Waals surface area contributed by atoms with Gasteiger partial charge in [0.1, 0.15) is 12.2 Å². The van der Waals surface area contributed by atoms with Crippen LogP contribution in [0.4, 0.5) is 0 Å². The summed E-state index contributed by atoms with van der Waals surface area (Å²) in [5.74, 6) is 1.52. The summed E-state index contributed by atoms with van der Waals surface area (Å²) >= 11 is 11.9. The molecule has 1 aliphatic rings. The minimum atomic E-state index is 0.248. The Kier molecular flexibility index (Phi) is 8.63. The lowest BCUT2D eigenvalue weighted by molar-refractivity contribution is -0.117. The first kappa shape index (κ1) is 19.0. The molecule has 6 heteroatoms. The van der Waals surface area contributed by atoms with Crippen LogP contribution in [0.15, 0.2) is 18.2 Å². The molecule has 0 aliphatic carbocycles. The average molecular weight is 389 g/mol. The Morgan fingerprint density at radius 3 is 2.96 bits per heavy atom. The highest BCUT2D eigenvalue weighted by Gasteiger charge is 2.15. The second-order valence-corrected chi connectivity index (χ2v) is 9.08. The molecule has 2 nitrogen and oxygen atoms in total. The van der Waals surface area contributed by atoms with Crippen molar-refractivity contribution in [1.82, 2.24) is 4.67 Å². The van der Waals surface area contributed by atoms with Gasteiger partial charge in [-0.15, -0.1) is 4.67 Å². The summed E-state index contributed by atoms with van der Waals surface area (Å²) in [5, 5.41) is 1.96. The number of benzene rings is 1. The third kappa shape index (κ3) is 7.36. The van der Waals surface area contributed by atoms with Crippen molar-refractivity contribution in [1.29, 1.82) is 0 Å². The molecule has 0 saturated carbocycles. The number of carbonyl (C=O) groups excluding carboxylic acids is 1. The molecule has 0 spiro atoms. The van der Waals surface area contributed by atoms with Crippen molar-refractivity contribution in [2.75, 3.05) is 5.75 Å². The first-order chi connectivity index (χ1) is 11.1. The van der Waals surface area contributed by atoms with Gasteiger partial charge >= 0.3 is 6.21 Å². The molecule has 23 heavy (non-hydrogen) atoms. The first-order valence-electron chi connectivity index (χ1n) is 7.75. The monoisotopic (exact) mass is 388 g/mol. The van der Waals surface area contributed by atoms with Crippen LogP contribution in [-0.2, 0) is 4.79 Å². The zero-order chi connectivity index (χ0) is 16.5. The molecular weight excluding hydrogens is 369 g/mol. The van der Waals surface area contributed by atoms with Crippen molar-refractivity contribution in [3.63, 3.8) is 0 Å². The summed E-state index contributed by atoms with van der Waals surface area (Å²) in [7, 11) is 3.98. The van der Waals surface area contributed by atoms with Gasteiger partial charge in [-0.25, -0.2) is 0 Å². The molecule has 1 heterocycles. The molecule has 1 aromatic carbocycles. The maximum Gasteiger partial charge on any atom is 0.300 e. The van der Waals surface area contributed by atoms with Gasteiger partial charge in [0.2, 0.25) is 0 Å². The first-order valence-corrected chi connectivity index (χ1v) is 10.9. The quantitative estimate of drug-likeness (QED) is 0.264. The second kappa shape index (κ2) is 10.5. The van der Waals surface area contributed by atoms with E-state index in [1.807, 2.05) is 27.7 Å². The molecule has 1 unspecified atom stereocenters. The van der Waals surface area contributed by atoms with E-state index in [4.69, 9.17) is 23.2 Å². The lowest BCUT2D eigenvalue weighted by atomic mass is 10.1. The zero-order valence-electron chi connectivity index (χ0n) is 12.8. The fourth-order valence-electron chi connectivity index (χ4n) is 2.25. The molecule has 0 bridgehead atoms. The van der Waals surface area contributed by atoms with Gasteiger partial charge in [0.15, 0.2) is 0 Å². The van der Waals surface area contributed by atoms with Gasteiger partial charge in [-0.3, -0.25) is 4.79 Å². The van der Waals surface area contributed by atoms with Crippen LogP contribution in [0.3, 0.4) is 0 Å². The molecule has 1 saturated heterocycles. The molecule has 0 amide bonds. The van der Waals surface area contributed by atoms with Crippen LogP contribution in [0.2, 0.25) is 10.0 Å². The molecule has 1 atom stereocenters. The van der Waals surface area contributed by atoms with Gasteiger partial charge in [0, 0.05) is 22.4 Å². The molecule has 1 fully saturated rings. The van der Waals surface area contributed by atoms with Crippen LogP contribution in [0.25, 0.3) is 0 Å². The smallest absolute Gasteiger partial charge is 0.299 e. The van der Waals surface area contributed by atoms with Crippen molar-refractivity contribution in [2.24, 2.45) is 0 Å². The lowest BCUT2D eigenvalue weighted by Gasteiger charge is -2.05. The SMILES string of the molecule is O=C(CC=[N+]=Cc1ccc(Cl)cc1Cl)CCCCC1CCSS1. The van der Waals surface area contributed by atoms with E-state index >= 15 is 0 Å². The Balaban J connectivity index is 1.65. The number of ketones is 1. The van der Waals surface area contributed by atoms with E-state index in [0.29, 0.717) is 22.9 Å². The van der Waals surface area contributed by atoms with Crippen LogP contribution in [0, 0.1) is 0 Å². The van der Waals surface area contributed by atoms with Crippen LogP contribution in [-0.4, -0.2) is 29.2 Å². The molecule has 0 aromatic heterocycles. The number of carbonyl (C=O) groups is 1. The number of unbranched alkanes of at least 4 members (excludes halogenated alkanes) is 1. The molecule has 124 valence electrons. The fraction of sp³-hybridized carbons (Fsp3) is 0.471. The van der Waals surface area contributed by atoms with Gasteiger partial charge in [-0.2, -0.15) is 0 Å². The molecular formula is C17H20Cl2NOS2+. The minimum Gasteiger partial charge on any atom is -0.299 e. The maximum absolute atomic E-state index is 11.8. The summed E-state index contributed by atoms with van der Waals surface area (Å²) in [6.07, 6.45) is 9.03. The van der Waals surface area contributed by atoms with Crippen molar-refractivity contribution in [3.05, 3.63) is 33.8 Å². The van der Waals surface area contributed by atoms with E-state index in [9.17, 15) is 4.79 Å². The molecule has 1 aromatic rings. The van der Waals surface area contributed by atoms with Gasteiger partial charge in [0.25, 0.3) is 6.21 Å². The lowest BCUT2D eigenvalue weighted by Crippen LogP contribution is -2.02. The zero-order valence-corrected chi connectivity index (χ0v) is 16.0. The minimum absolute atomic E-state index is 0.248. The summed E-state index contributed by atoms with van der Waals surface area (Å²) in [5.41, 5.74) is 0.798. The largest absolute Gasteiger partial charge is 0.300 e. The van der Waals surface area contributed by atoms with Gasteiger partial charge in [-0.1, -0.05) is 51.2 Å². The summed E-state index contributed by atoms with van der Waals surface area (Å²) < 4.78 is 4.16. The van der Waals surface area contributed by atoms with E-state index < -0.39 is 0 Å². The van der Waals surface area contributed by atoms with Crippen LogP contribution >= 0.6 is 44.8 Å². The Hall–Kier alpha value is -0.380. The summed E-state index contributed by atoms with van der Waals surface area (Å²) in [6, 6.07) is 5.25. The highest BCUT2D eigenvalue weighted by molar-refractivity contribution is 8.77. The van der Waals surface area contributed by atoms with E-state index in [2.05, 4.69) is 4.67 Å². The predicted octanol–water partition coefficient (Wildman–Crippen LogP) is 5.22. The number of Topliss-reactive ketones (excluding diaryl/α,β-unsaturated/α-hetero) is 1. The molecule has 1 aliphatic heterocycles. The van der Waals surface area contributed by atoms with Crippen molar-refractivity contribution >= 4 is 63.0 Å². The highest BCUT2D eigenvalue weighted by atomic mass is 35.5. The Morgan fingerprint density at radius 2 is 2.22 bits per heavy atom. The maximum atomic E-state index is 11.8. The van der Waals surface area contributed by atoms with Crippen molar-refractivity contribution in [2.45, 2.75) is 43.8 Å². The van der Waals surface area contributed by atoms with Crippen LogP contribution in [0.1, 0.15) is 44.1 Å². The number of hydrogen-bond donors (Lipinski definition) is 0. The van der Waals surface area contributed by atoms with Crippen LogP contribution < -0.4 is 4.67 Å². The van der Waals surface area contributed by atoms with E-state index in [-0.39, 0.29) is 5.78 Å². The number of rotatable bonds is 8. The normalized spacial score (nSPS) is 16.9. The Morgan fingerprint density at radius 1 is 1.35 bits per heavy atom. The number of hydrogen-bond acceptors (Lipinski definition) is 3. The van der Waals surface area contributed by atoms with E-state index in [0.717, 1.165) is 23.7 Å². The van der Waals surface area contributed by atoms with E-state index in [1.54, 1.807) is 24.6 Å². The second-order valence-electron chi connectivity index (χ2n) is 5.44. The molecule has 0 N–H and O–H groups in total. The Bertz CT molecular complexity index is 594. The number of nitrogens with zero attached hydrogens (tertiary/aromatic N) is 1. The average Bonchev–Trinajstić information content (AvgIpc) is 3.03. The van der Waals surface area contributed by atoms with Crippen molar-refractivity contribution < 1.29 is 4.79 Å². The van der Waals surface area contributed by atoms with Gasteiger partial charge in [0.05, 0.1) is 10.6 Å². The third-order valence-corrected chi connectivity index (χ3v) is 7.13. The van der Waals surface area contributed by atoms with Crippen LogP contribution in [0.5, 0.6) is 0 Å². The predicted molar refractivity (Wildman–Crippen MR) is 106 cm³/mol. The fourth-order valence-corrected chi connectivity index (χ4v) is 5.74. The summed E-state index contributed by atoms with van der Waals surface area (Å²) in [4.78, 5) is 11.8. The topological polar surface area (TPSA) is 31.2 Å². The molecule has 0 radical (unpaired) electrons. The third-order valence-electron chi connectivity index (χ3n) is 3.56.